The summed E-state index contributed by atoms with van der Waals surface area (Å²) in [5.74, 6) is 0.113. The predicted octanol–water partition coefficient (Wildman–Crippen LogP) is 1.73. The molecule has 0 bridgehead atoms. The summed E-state index contributed by atoms with van der Waals surface area (Å²) in [6.07, 6.45) is -4.12. The third-order valence-corrected chi connectivity index (χ3v) is 4.46. The van der Waals surface area contributed by atoms with E-state index in [4.69, 9.17) is 5.73 Å². The number of nitrogen functional groups attached to an aromatic ring is 1. The Labute approximate surface area is 144 Å². The number of anilines is 1. The van der Waals surface area contributed by atoms with Crippen LogP contribution in [-0.4, -0.2) is 50.0 Å². The van der Waals surface area contributed by atoms with Crippen LogP contribution in [0.25, 0.3) is 16.6 Å². The highest BCUT2D eigenvalue weighted by Gasteiger charge is 2.45. The van der Waals surface area contributed by atoms with Gasteiger partial charge < -0.3 is 15.2 Å². The van der Waals surface area contributed by atoms with Crippen LogP contribution in [-0.2, 0) is 6.54 Å². The summed E-state index contributed by atoms with van der Waals surface area (Å²) < 4.78 is 50.4. The number of benzene rings is 1. The number of ether oxygens (including phenoxy) is 2. The molecule has 5 rings (SSSR count). The molecule has 2 aliphatic rings. The van der Waals surface area contributed by atoms with E-state index < -0.39 is 12.5 Å². The third-order valence-electron chi connectivity index (χ3n) is 4.46. The molecule has 1 fully saturated rings. The quantitative estimate of drug-likeness (QED) is 0.738. The molecule has 0 aliphatic carbocycles. The highest BCUT2D eigenvalue weighted by molar-refractivity contribution is 5.97. The van der Waals surface area contributed by atoms with Crippen LogP contribution in [0.15, 0.2) is 12.1 Å². The Morgan fingerprint density at radius 1 is 1.27 bits per heavy atom. The molecule has 3 aromatic rings. The number of nitrogens with zero attached hydrogens (tertiary/aromatic N) is 5. The van der Waals surface area contributed by atoms with Crippen molar-refractivity contribution in [3.63, 3.8) is 0 Å². The van der Waals surface area contributed by atoms with Crippen molar-refractivity contribution >= 4 is 22.5 Å². The van der Waals surface area contributed by atoms with Gasteiger partial charge in [0.05, 0.1) is 6.54 Å². The zero-order chi connectivity index (χ0) is 18.1. The van der Waals surface area contributed by atoms with Crippen molar-refractivity contribution in [1.82, 2.24) is 24.5 Å². The number of fused-ring (bicyclic) bond motifs is 5. The van der Waals surface area contributed by atoms with Gasteiger partial charge in [0.25, 0.3) is 0 Å². The van der Waals surface area contributed by atoms with Crippen LogP contribution in [0, 0.1) is 0 Å². The van der Waals surface area contributed by atoms with E-state index in [-0.39, 0.29) is 23.0 Å². The number of hydrogen-bond acceptors (Lipinski definition) is 7. The number of likely N-dealkylation sites (tertiary alicyclic amines) is 1. The van der Waals surface area contributed by atoms with E-state index in [0.29, 0.717) is 42.9 Å². The molecule has 1 atom stereocenters. The fraction of sp³-hybridized carbons (Fsp3) is 0.400. The van der Waals surface area contributed by atoms with Crippen molar-refractivity contribution in [2.45, 2.75) is 25.4 Å². The van der Waals surface area contributed by atoms with E-state index in [2.05, 4.69) is 24.5 Å². The molecule has 0 spiro atoms. The first-order valence-electron chi connectivity index (χ1n) is 8.00. The first-order valence-corrected chi connectivity index (χ1v) is 8.00. The molecule has 26 heavy (non-hydrogen) atoms. The second-order valence-electron chi connectivity index (χ2n) is 6.31. The van der Waals surface area contributed by atoms with E-state index >= 15 is 0 Å². The fourth-order valence-electron chi connectivity index (χ4n) is 3.34. The summed E-state index contributed by atoms with van der Waals surface area (Å²) >= 11 is 0. The van der Waals surface area contributed by atoms with E-state index in [1.807, 2.05) is 4.90 Å². The number of alkyl halides is 3. The van der Waals surface area contributed by atoms with Gasteiger partial charge in [-0.3, -0.25) is 4.90 Å². The second-order valence-corrected chi connectivity index (χ2v) is 6.31. The topological polar surface area (TPSA) is 90.8 Å². The van der Waals surface area contributed by atoms with Crippen molar-refractivity contribution in [2.24, 2.45) is 0 Å². The molecule has 0 radical (unpaired) electrons. The lowest BCUT2D eigenvalue weighted by Crippen LogP contribution is -2.26. The molecule has 8 nitrogen and oxygen atoms in total. The molecule has 2 N–H and O–H groups in total. The van der Waals surface area contributed by atoms with Gasteiger partial charge in [0.15, 0.2) is 23.0 Å². The van der Waals surface area contributed by atoms with Crippen LogP contribution in [0.1, 0.15) is 12.2 Å². The maximum Gasteiger partial charge on any atom is 0.586 e. The number of nitrogens with two attached hydrogens (primary N) is 1. The first-order chi connectivity index (χ1) is 12.4. The molecule has 2 aromatic heterocycles. The minimum Gasteiger partial charge on any atom is -0.395 e. The van der Waals surface area contributed by atoms with Gasteiger partial charge in [0, 0.05) is 18.5 Å². The van der Waals surface area contributed by atoms with Crippen LogP contribution in [0.3, 0.4) is 0 Å². The van der Waals surface area contributed by atoms with Crippen molar-refractivity contribution in [1.29, 1.82) is 0 Å². The first kappa shape index (κ1) is 15.4. The van der Waals surface area contributed by atoms with Gasteiger partial charge in [-0.25, -0.2) is 14.4 Å². The molecule has 1 saturated heterocycles. The molecular formula is C15H13F3N6O2. The second kappa shape index (κ2) is 5.10. The molecular weight excluding hydrogens is 353 g/mol. The highest BCUT2D eigenvalue weighted by atomic mass is 19.3. The SMILES string of the molecule is Nc1nc2c3c(ccc2c2nc(CN4CC[C@@H](F)C4)nn12)OC(F)(F)O3. The van der Waals surface area contributed by atoms with Crippen LogP contribution < -0.4 is 15.2 Å². The molecule has 0 amide bonds. The zero-order valence-electron chi connectivity index (χ0n) is 13.3. The Kier molecular flexibility index (Phi) is 3.03. The summed E-state index contributed by atoms with van der Waals surface area (Å²) in [6, 6.07) is 2.91. The van der Waals surface area contributed by atoms with Crippen LogP contribution in [0.4, 0.5) is 19.1 Å². The highest BCUT2D eigenvalue weighted by Crippen LogP contribution is 2.45. The Morgan fingerprint density at radius 3 is 2.88 bits per heavy atom. The maximum absolute atomic E-state index is 13.4. The van der Waals surface area contributed by atoms with Crippen LogP contribution in [0.5, 0.6) is 11.5 Å². The van der Waals surface area contributed by atoms with E-state index in [0.717, 1.165) is 0 Å². The van der Waals surface area contributed by atoms with Gasteiger partial charge in [-0.1, -0.05) is 0 Å². The summed E-state index contributed by atoms with van der Waals surface area (Å²) in [6.45, 7) is 1.32. The Morgan fingerprint density at radius 2 is 2.12 bits per heavy atom. The molecule has 4 heterocycles. The third kappa shape index (κ3) is 2.30. The van der Waals surface area contributed by atoms with E-state index in [1.54, 1.807) is 6.07 Å². The molecule has 1 aromatic carbocycles. The normalized spacial score (nSPS) is 21.9. The molecule has 136 valence electrons. The largest absolute Gasteiger partial charge is 0.586 e. The molecule has 11 heteroatoms. The van der Waals surface area contributed by atoms with E-state index in [1.165, 1.54) is 10.6 Å². The van der Waals surface area contributed by atoms with Gasteiger partial charge >= 0.3 is 6.29 Å². The monoisotopic (exact) mass is 366 g/mol. The number of hydrogen-bond donors (Lipinski definition) is 1. The van der Waals surface area contributed by atoms with Crippen molar-refractivity contribution in [2.75, 3.05) is 18.8 Å². The lowest BCUT2D eigenvalue weighted by atomic mass is 10.2. The van der Waals surface area contributed by atoms with Gasteiger partial charge in [0.1, 0.15) is 11.7 Å². The molecule has 0 unspecified atom stereocenters. The number of halogens is 3. The minimum absolute atomic E-state index is 0.0248. The maximum atomic E-state index is 13.4. The average Bonchev–Trinajstić information content (AvgIpc) is 3.24. The predicted molar refractivity (Wildman–Crippen MR) is 83.7 cm³/mol. The van der Waals surface area contributed by atoms with Crippen LogP contribution in [0.2, 0.25) is 0 Å². The Hall–Kier alpha value is -2.82. The van der Waals surface area contributed by atoms with Gasteiger partial charge in [0.2, 0.25) is 5.95 Å². The van der Waals surface area contributed by atoms with Crippen molar-refractivity contribution in [3.05, 3.63) is 18.0 Å². The summed E-state index contributed by atoms with van der Waals surface area (Å²) in [5, 5.41) is 4.75. The van der Waals surface area contributed by atoms with Gasteiger partial charge in [-0.05, 0) is 18.6 Å². The lowest BCUT2D eigenvalue weighted by molar-refractivity contribution is -0.286. The Bertz CT molecular complexity index is 1040. The molecule has 2 aliphatic heterocycles. The van der Waals surface area contributed by atoms with Crippen molar-refractivity contribution < 1.29 is 22.6 Å². The Balaban J connectivity index is 1.62. The smallest absolute Gasteiger partial charge is 0.395 e. The average molecular weight is 366 g/mol. The summed E-state index contributed by atoms with van der Waals surface area (Å²) in [5.41, 5.74) is 6.40. The summed E-state index contributed by atoms with van der Waals surface area (Å²) in [7, 11) is 0. The molecule has 0 saturated carbocycles. The fourth-order valence-corrected chi connectivity index (χ4v) is 3.34. The number of rotatable bonds is 2. The van der Waals surface area contributed by atoms with Crippen molar-refractivity contribution in [3.8, 4) is 11.5 Å². The summed E-state index contributed by atoms with van der Waals surface area (Å²) in [4.78, 5) is 10.5. The standard InChI is InChI=1S/C15H13F3N6O2/c16-7-3-4-23(5-7)6-10-20-13-8-1-2-9-12(26-15(17,18)25-9)11(8)21-14(19)24(13)22-10/h1-2,7H,3-6H2,(H2,19,21)/t7-/m1/s1. The number of aromatic nitrogens is 4. The lowest BCUT2D eigenvalue weighted by Gasteiger charge is -2.10. The zero-order valence-corrected chi connectivity index (χ0v) is 13.3. The van der Waals surface area contributed by atoms with Gasteiger partial charge in [-0.15, -0.1) is 13.9 Å². The van der Waals surface area contributed by atoms with Crippen LogP contribution >= 0.6 is 0 Å². The van der Waals surface area contributed by atoms with E-state index in [9.17, 15) is 13.2 Å². The van der Waals surface area contributed by atoms with Gasteiger partial charge in [-0.2, -0.15) is 4.52 Å². The minimum atomic E-state index is -3.75.